The Kier molecular flexibility index (Phi) is 6.33. The van der Waals surface area contributed by atoms with Gasteiger partial charge in [-0.05, 0) is 81.2 Å². The number of hydrogen-bond donors (Lipinski definition) is 0. The molecule has 2 heterocycles. The molecule has 0 fully saturated rings. The highest BCUT2D eigenvalue weighted by atomic mass is 16.6. The van der Waals surface area contributed by atoms with E-state index in [1.807, 2.05) is 13.0 Å². The monoisotopic (exact) mass is 442 g/mol. The van der Waals surface area contributed by atoms with Gasteiger partial charge in [-0.2, -0.15) is 0 Å². The van der Waals surface area contributed by atoms with E-state index in [0.29, 0.717) is 13.2 Å². The maximum atomic E-state index is 5.65. The number of pyridine rings is 2. The number of hydrogen-bond acceptors (Lipinski definition) is 6. The van der Waals surface area contributed by atoms with Gasteiger partial charge < -0.3 is 9.68 Å². The average Bonchev–Trinajstić information content (AvgIpc) is 2.84. The standard InChI is InChI=1S/C27H30N4O2/c1-18-14-15-20-8-5-12-24(26(20)28-18)30-32-16-7-17-33-31-25-13-6-10-22-19(2)21-9-3-4-11-23(21)29-27(22)25/h3-4,9,11,14-15H,5-8,10,12-13,16-17H2,1-2H3/b30-24+,31-25+. The van der Waals surface area contributed by atoms with Crippen molar-refractivity contribution in [3.63, 3.8) is 0 Å². The molecule has 0 atom stereocenters. The summed E-state index contributed by atoms with van der Waals surface area (Å²) in [5.74, 6) is 0. The first kappa shape index (κ1) is 21.6. The predicted octanol–water partition coefficient (Wildman–Crippen LogP) is 5.45. The van der Waals surface area contributed by atoms with Crippen molar-refractivity contribution in [3.05, 3.63) is 70.2 Å². The molecule has 0 unspecified atom stereocenters. The van der Waals surface area contributed by atoms with E-state index in [2.05, 4.69) is 52.6 Å². The first-order chi connectivity index (χ1) is 16.2. The number of nitrogens with zero attached hydrogens (tertiary/aromatic N) is 4. The molecule has 0 aliphatic heterocycles. The molecule has 0 bridgehead atoms. The van der Waals surface area contributed by atoms with E-state index in [1.165, 1.54) is 22.1 Å². The molecule has 0 spiro atoms. The minimum Gasteiger partial charge on any atom is -0.395 e. The minimum absolute atomic E-state index is 0.490. The lowest BCUT2D eigenvalue weighted by Gasteiger charge is -2.20. The Hall–Kier alpha value is -3.28. The summed E-state index contributed by atoms with van der Waals surface area (Å²) in [5, 5.41) is 10.1. The summed E-state index contributed by atoms with van der Waals surface area (Å²) < 4.78 is 0. The SMILES string of the molecule is Cc1ccc2c(n1)/C(=N/OCCCO/N=C1\CCCc3c1nc1ccccc1c3C)CCC2. The van der Waals surface area contributed by atoms with E-state index in [0.717, 1.165) is 79.0 Å². The molecular formula is C27H30N4O2. The molecular weight excluding hydrogens is 412 g/mol. The van der Waals surface area contributed by atoms with Crippen LogP contribution >= 0.6 is 0 Å². The van der Waals surface area contributed by atoms with Gasteiger partial charge in [0, 0.05) is 17.5 Å². The molecule has 5 rings (SSSR count). The number of rotatable bonds is 6. The van der Waals surface area contributed by atoms with Gasteiger partial charge in [-0.3, -0.25) is 4.98 Å². The summed E-state index contributed by atoms with van der Waals surface area (Å²) in [4.78, 5) is 20.8. The maximum Gasteiger partial charge on any atom is 0.120 e. The van der Waals surface area contributed by atoms with Crippen LogP contribution in [-0.4, -0.2) is 34.6 Å². The van der Waals surface area contributed by atoms with Crippen LogP contribution in [0.2, 0.25) is 0 Å². The molecule has 33 heavy (non-hydrogen) atoms. The lowest BCUT2D eigenvalue weighted by atomic mass is 9.89. The lowest BCUT2D eigenvalue weighted by molar-refractivity contribution is 0.0894. The molecule has 6 nitrogen and oxygen atoms in total. The Morgan fingerprint density at radius 2 is 1.52 bits per heavy atom. The third-order valence-corrected chi connectivity index (χ3v) is 6.46. The fourth-order valence-electron chi connectivity index (χ4n) is 4.73. The zero-order chi connectivity index (χ0) is 22.6. The molecule has 3 aromatic rings. The minimum atomic E-state index is 0.490. The van der Waals surface area contributed by atoms with E-state index in [4.69, 9.17) is 14.7 Å². The average molecular weight is 443 g/mol. The molecule has 0 saturated carbocycles. The number of aromatic nitrogens is 2. The highest BCUT2D eigenvalue weighted by molar-refractivity contribution is 6.03. The Balaban J connectivity index is 1.17. The first-order valence-electron chi connectivity index (χ1n) is 11.9. The van der Waals surface area contributed by atoms with E-state index < -0.39 is 0 Å². The van der Waals surface area contributed by atoms with Crippen molar-refractivity contribution in [2.75, 3.05) is 13.2 Å². The second-order valence-corrected chi connectivity index (χ2v) is 8.84. The molecule has 2 aliphatic carbocycles. The fraction of sp³-hybridized carbons (Fsp3) is 0.407. The largest absolute Gasteiger partial charge is 0.395 e. The van der Waals surface area contributed by atoms with Crippen molar-refractivity contribution in [1.82, 2.24) is 9.97 Å². The molecule has 0 N–H and O–H groups in total. The van der Waals surface area contributed by atoms with Crippen LogP contribution in [0.25, 0.3) is 10.9 Å². The molecule has 1 aromatic carbocycles. The van der Waals surface area contributed by atoms with Crippen molar-refractivity contribution in [1.29, 1.82) is 0 Å². The highest BCUT2D eigenvalue weighted by Gasteiger charge is 2.21. The Bertz CT molecular complexity index is 1230. The number of oxime groups is 2. The number of para-hydroxylation sites is 1. The van der Waals surface area contributed by atoms with Crippen LogP contribution in [-0.2, 0) is 22.5 Å². The molecule has 6 heteroatoms. The number of aryl methyl sites for hydroxylation is 3. The molecule has 0 radical (unpaired) electrons. The van der Waals surface area contributed by atoms with Gasteiger partial charge in [0.2, 0.25) is 0 Å². The van der Waals surface area contributed by atoms with Crippen molar-refractivity contribution < 1.29 is 9.68 Å². The van der Waals surface area contributed by atoms with Gasteiger partial charge in [-0.15, -0.1) is 0 Å². The van der Waals surface area contributed by atoms with Gasteiger partial charge in [0.05, 0.1) is 16.9 Å². The van der Waals surface area contributed by atoms with Crippen molar-refractivity contribution in [3.8, 4) is 0 Å². The number of fused-ring (bicyclic) bond motifs is 3. The lowest BCUT2D eigenvalue weighted by Crippen LogP contribution is -2.16. The normalized spacial score (nSPS) is 17.8. The van der Waals surface area contributed by atoms with Gasteiger partial charge in [0.25, 0.3) is 0 Å². The predicted molar refractivity (Wildman–Crippen MR) is 131 cm³/mol. The summed E-state index contributed by atoms with van der Waals surface area (Å²) in [6, 6.07) is 12.5. The van der Waals surface area contributed by atoms with Crippen LogP contribution in [0, 0.1) is 13.8 Å². The van der Waals surface area contributed by atoms with E-state index >= 15 is 0 Å². The van der Waals surface area contributed by atoms with E-state index in [9.17, 15) is 0 Å². The summed E-state index contributed by atoms with van der Waals surface area (Å²) in [5.41, 5.74) is 9.80. The van der Waals surface area contributed by atoms with E-state index in [-0.39, 0.29) is 0 Å². The van der Waals surface area contributed by atoms with Crippen LogP contribution in [0.5, 0.6) is 0 Å². The van der Waals surface area contributed by atoms with Crippen LogP contribution in [0.4, 0.5) is 0 Å². The Labute approximate surface area is 194 Å². The molecule has 170 valence electrons. The summed E-state index contributed by atoms with van der Waals surface area (Å²) in [6.07, 6.45) is 6.80. The topological polar surface area (TPSA) is 69.0 Å². The molecule has 0 amide bonds. The Morgan fingerprint density at radius 1 is 0.788 bits per heavy atom. The van der Waals surface area contributed by atoms with E-state index in [1.54, 1.807) is 0 Å². The van der Waals surface area contributed by atoms with Crippen molar-refractivity contribution >= 4 is 22.3 Å². The first-order valence-corrected chi connectivity index (χ1v) is 11.9. The molecule has 0 saturated heterocycles. The second kappa shape index (κ2) is 9.69. The van der Waals surface area contributed by atoms with Gasteiger partial charge in [-0.1, -0.05) is 34.6 Å². The van der Waals surface area contributed by atoms with Crippen molar-refractivity contribution in [2.24, 2.45) is 10.3 Å². The molecule has 2 aromatic heterocycles. The van der Waals surface area contributed by atoms with Gasteiger partial charge >= 0.3 is 0 Å². The Morgan fingerprint density at radius 3 is 2.33 bits per heavy atom. The van der Waals surface area contributed by atoms with Gasteiger partial charge in [0.1, 0.15) is 24.6 Å². The number of benzene rings is 1. The molecule has 2 aliphatic rings. The summed E-state index contributed by atoms with van der Waals surface area (Å²) >= 11 is 0. The zero-order valence-corrected chi connectivity index (χ0v) is 19.4. The third-order valence-electron chi connectivity index (χ3n) is 6.46. The smallest absolute Gasteiger partial charge is 0.120 e. The quantitative estimate of drug-likeness (QED) is 0.376. The fourth-order valence-corrected chi connectivity index (χ4v) is 4.73. The van der Waals surface area contributed by atoms with Crippen LogP contribution < -0.4 is 0 Å². The van der Waals surface area contributed by atoms with Crippen LogP contribution in [0.15, 0.2) is 46.7 Å². The van der Waals surface area contributed by atoms with Gasteiger partial charge in [-0.25, -0.2) is 4.98 Å². The third kappa shape index (κ3) is 4.61. The second-order valence-electron chi connectivity index (χ2n) is 8.84. The summed E-state index contributed by atoms with van der Waals surface area (Å²) in [6.45, 7) is 5.18. The van der Waals surface area contributed by atoms with Crippen LogP contribution in [0.1, 0.15) is 65.9 Å². The highest BCUT2D eigenvalue weighted by Crippen LogP contribution is 2.29. The maximum absolute atomic E-state index is 5.65. The van der Waals surface area contributed by atoms with Crippen LogP contribution in [0.3, 0.4) is 0 Å². The van der Waals surface area contributed by atoms with Crippen molar-refractivity contribution in [2.45, 2.75) is 58.8 Å². The van der Waals surface area contributed by atoms with Gasteiger partial charge in [0.15, 0.2) is 0 Å². The summed E-state index contributed by atoms with van der Waals surface area (Å²) in [7, 11) is 0. The zero-order valence-electron chi connectivity index (χ0n) is 19.4.